The Bertz CT molecular complexity index is 295. The lowest BCUT2D eigenvalue weighted by molar-refractivity contribution is 0.322. The summed E-state index contributed by atoms with van der Waals surface area (Å²) in [5.74, 6) is -0.223. The Morgan fingerprint density at radius 2 is 2.29 bits per heavy atom. The molecule has 14 heavy (non-hydrogen) atoms. The van der Waals surface area contributed by atoms with Crippen molar-refractivity contribution in [2.45, 2.75) is 0 Å². The zero-order chi connectivity index (χ0) is 11.0. The summed E-state index contributed by atoms with van der Waals surface area (Å²) in [7, 11) is 0. The maximum Gasteiger partial charge on any atom is 0.207 e. The van der Waals surface area contributed by atoms with Crippen molar-refractivity contribution in [3.05, 3.63) is 36.3 Å². The standard InChI is InChI=1S/C9H12N2O2S/c1-7(12)8(3-5-14)6-13-9(11)2-4-10/h2-5,11-12H,1,6,10H2/b4-2-,8-3-,11-9?. The van der Waals surface area contributed by atoms with E-state index in [0.29, 0.717) is 5.57 Å². The third-order valence-electron chi connectivity index (χ3n) is 1.27. The van der Waals surface area contributed by atoms with Gasteiger partial charge in [0.05, 0.1) is 0 Å². The van der Waals surface area contributed by atoms with E-state index in [2.05, 4.69) is 18.8 Å². The summed E-state index contributed by atoms with van der Waals surface area (Å²) < 4.78 is 4.92. The van der Waals surface area contributed by atoms with E-state index in [4.69, 9.17) is 21.0 Å². The number of nitrogens with one attached hydrogen (secondary N) is 1. The highest BCUT2D eigenvalue weighted by atomic mass is 32.1. The summed E-state index contributed by atoms with van der Waals surface area (Å²) in [6.45, 7) is 3.36. The number of thiocarbonyl (C=S) groups is 1. The first kappa shape index (κ1) is 12.4. The van der Waals surface area contributed by atoms with E-state index in [0.717, 1.165) is 0 Å². The number of nitrogens with two attached hydrogens (primary N) is 1. The molecule has 0 aliphatic rings. The molecule has 0 aromatic rings. The zero-order valence-corrected chi connectivity index (χ0v) is 8.38. The largest absolute Gasteiger partial charge is 0.508 e. The summed E-state index contributed by atoms with van der Waals surface area (Å²) in [5, 5.41) is 17.6. The van der Waals surface area contributed by atoms with Crippen LogP contribution in [0.2, 0.25) is 0 Å². The topological polar surface area (TPSA) is 79.3 Å². The minimum atomic E-state index is -0.129. The van der Waals surface area contributed by atoms with Gasteiger partial charge in [-0.3, -0.25) is 5.41 Å². The first-order chi connectivity index (χ1) is 6.61. The third-order valence-corrected chi connectivity index (χ3v) is 1.41. The van der Waals surface area contributed by atoms with Crippen LogP contribution in [0.15, 0.2) is 36.3 Å². The van der Waals surface area contributed by atoms with Gasteiger partial charge in [0.1, 0.15) is 12.4 Å². The van der Waals surface area contributed by atoms with Gasteiger partial charge in [0.15, 0.2) is 0 Å². The van der Waals surface area contributed by atoms with Crippen LogP contribution in [0.25, 0.3) is 0 Å². The number of aliphatic hydroxyl groups is 1. The molecule has 4 N–H and O–H groups in total. The van der Waals surface area contributed by atoms with Crippen molar-refractivity contribution in [1.82, 2.24) is 0 Å². The molecule has 0 amide bonds. The van der Waals surface area contributed by atoms with Crippen LogP contribution in [-0.2, 0) is 4.74 Å². The van der Waals surface area contributed by atoms with Crippen LogP contribution in [0.3, 0.4) is 0 Å². The minimum absolute atomic E-state index is 0.0334. The monoisotopic (exact) mass is 212 g/mol. The second kappa shape index (κ2) is 6.85. The molecule has 0 aromatic heterocycles. The predicted octanol–water partition coefficient (Wildman–Crippen LogP) is 1.45. The number of aliphatic hydroxyl groups excluding tert-OH is 1. The number of allylic oxidation sites excluding steroid dienone is 1. The second-order valence-corrected chi connectivity index (χ2v) is 2.56. The lowest BCUT2D eigenvalue weighted by atomic mass is 10.2. The predicted molar refractivity (Wildman–Crippen MR) is 60.5 cm³/mol. The fourth-order valence-corrected chi connectivity index (χ4v) is 0.765. The second-order valence-electron chi connectivity index (χ2n) is 2.29. The molecule has 4 nitrogen and oxygen atoms in total. The van der Waals surface area contributed by atoms with Gasteiger partial charge in [-0.05, 0) is 12.3 Å². The molecule has 0 aromatic carbocycles. The molecular formula is C9H12N2O2S. The fraction of sp³-hybridized carbons (Fsp3) is 0.111. The van der Waals surface area contributed by atoms with Gasteiger partial charge in [0.25, 0.3) is 0 Å². The van der Waals surface area contributed by atoms with E-state index in [-0.39, 0.29) is 18.3 Å². The van der Waals surface area contributed by atoms with Crippen molar-refractivity contribution in [2.24, 2.45) is 5.73 Å². The van der Waals surface area contributed by atoms with Crippen molar-refractivity contribution in [3.8, 4) is 0 Å². The molecule has 0 unspecified atom stereocenters. The molecule has 0 spiro atoms. The van der Waals surface area contributed by atoms with Gasteiger partial charge in [-0.2, -0.15) is 0 Å². The molecule has 0 atom stereocenters. The third kappa shape index (κ3) is 5.10. The van der Waals surface area contributed by atoms with E-state index in [1.807, 2.05) is 0 Å². The Balaban J connectivity index is 4.21. The lowest BCUT2D eigenvalue weighted by Crippen LogP contribution is -2.06. The van der Waals surface area contributed by atoms with Crippen LogP contribution in [0.5, 0.6) is 0 Å². The molecule has 0 saturated carbocycles. The van der Waals surface area contributed by atoms with Crippen LogP contribution in [0.1, 0.15) is 0 Å². The summed E-state index contributed by atoms with van der Waals surface area (Å²) in [5.41, 5.74) is 5.47. The Labute approximate surface area is 87.9 Å². The van der Waals surface area contributed by atoms with Crippen molar-refractivity contribution < 1.29 is 9.84 Å². The Hall–Kier alpha value is -1.62. The Morgan fingerprint density at radius 3 is 2.71 bits per heavy atom. The van der Waals surface area contributed by atoms with Gasteiger partial charge >= 0.3 is 0 Å². The number of hydrogen-bond acceptors (Lipinski definition) is 5. The zero-order valence-electron chi connectivity index (χ0n) is 7.56. The van der Waals surface area contributed by atoms with Crippen LogP contribution >= 0.6 is 12.2 Å². The molecule has 0 aliphatic carbocycles. The average Bonchev–Trinajstić information content (AvgIpc) is 2.12. The van der Waals surface area contributed by atoms with Crippen molar-refractivity contribution in [1.29, 1.82) is 5.41 Å². The number of hydrogen-bond donors (Lipinski definition) is 3. The highest BCUT2D eigenvalue weighted by Gasteiger charge is 2.01. The Kier molecular flexibility index (Phi) is 6.06. The maximum absolute atomic E-state index is 9.06. The van der Waals surface area contributed by atoms with E-state index < -0.39 is 0 Å². The Morgan fingerprint density at radius 1 is 1.64 bits per heavy atom. The summed E-state index contributed by atoms with van der Waals surface area (Å²) in [4.78, 5) is 0. The van der Waals surface area contributed by atoms with Crippen LogP contribution in [-0.4, -0.2) is 23.0 Å². The van der Waals surface area contributed by atoms with Gasteiger partial charge in [-0.15, -0.1) is 0 Å². The number of rotatable bonds is 5. The summed E-state index contributed by atoms with van der Waals surface area (Å²) in [6.07, 6.45) is 3.96. The molecular weight excluding hydrogens is 200 g/mol. The first-order valence-electron chi connectivity index (χ1n) is 3.74. The fourth-order valence-electron chi connectivity index (χ4n) is 0.601. The molecule has 0 fully saturated rings. The minimum Gasteiger partial charge on any atom is -0.508 e. The summed E-state index contributed by atoms with van der Waals surface area (Å²) >= 11 is 4.58. The van der Waals surface area contributed by atoms with Crippen LogP contribution < -0.4 is 5.73 Å². The first-order valence-corrected chi connectivity index (χ1v) is 4.21. The van der Waals surface area contributed by atoms with E-state index in [1.54, 1.807) is 0 Å². The molecule has 0 aliphatic heterocycles. The molecule has 0 bridgehead atoms. The maximum atomic E-state index is 9.06. The molecule has 0 heterocycles. The molecule has 0 saturated heterocycles. The molecule has 5 heteroatoms. The SMILES string of the molecule is C=C(O)/C(=C\C=S)COC(=N)/C=C\N. The normalized spacial score (nSPS) is 11.3. The van der Waals surface area contributed by atoms with Gasteiger partial charge in [-0.25, -0.2) is 0 Å². The van der Waals surface area contributed by atoms with E-state index in [1.165, 1.54) is 23.7 Å². The van der Waals surface area contributed by atoms with Gasteiger partial charge in [-0.1, -0.05) is 18.8 Å². The van der Waals surface area contributed by atoms with Crippen molar-refractivity contribution >= 4 is 23.5 Å². The van der Waals surface area contributed by atoms with Gasteiger partial charge < -0.3 is 15.6 Å². The smallest absolute Gasteiger partial charge is 0.207 e. The number of ether oxygens (including phenoxy) is 1. The highest BCUT2D eigenvalue weighted by Crippen LogP contribution is 2.04. The molecule has 0 rings (SSSR count). The molecule has 76 valence electrons. The van der Waals surface area contributed by atoms with Crippen LogP contribution in [0, 0.1) is 5.41 Å². The van der Waals surface area contributed by atoms with E-state index in [9.17, 15) is 0 Å². The van der Waals surface area contributed by atoms with Crippen molar-refractivity contribution in [3.63, 3.8) is 0 Å². The van der Waals surface area contributed by atoms with Crippen molar-refractivity contribution in [2.75, 3.05) is 6.61 Å². The molecule has 0 radical (unpaired) electrons. The van der Waals surface area contributed by atoms with Crippen LogP contribution in [0.4, 0.5) is 0 Å². The van der Waals surface area contributed by atoms with E-state index >= 15 is 0 Å². The summed E-state index contributed by atoms with van der Waals surface area (Å²) in [6, 6.07) is 0. The highest BCUT2D eigenvalue weighted by molar-refractivity contribution is 7.79. The quantitative estimate of drug-likeness (QED) is 0.161. The van der Waals surface area contributed by atoms with Gasteiger partial charge in [0, 0.05) is 17.0 Å². The lowest BCUT2D eigenvalue weighted by Gasteiger charge is -2.06. The van der Waals surface area contributed by atoms with Gasteiger partial charge in [0.2, 0.25) is 5.90 Å². The average molecular weight is 212 g/mol.